The summed E-state index contributed by atoms with van der Waals surface area (Å²) in [7, 11) is 3.24. The normalized spacial score (nSPS) is 10.2. The van der Waals surface area contributed by atoms with Gasteiger partial charge in [-0.3, -0.25) is 9.78 Å². The number of benzene rings is 3. The van der Waals surface area contributed by atoms with Gasteiger partial charge in [-0.25, -0.2) is 0 Å². The Morgan fingerprint density at radius 3 is 2.17 bits per heavy atom. The smallest absolute Gasteiger partial charge is 0.290 e. The SMILES string of the molecule is COc1cc2nccc(Oc3ccc(NCc4ccc(C)cc4)c(C)c3C)c2cc1OC.O=CO. The second-order valence-electron chi connectivity index (χ2n) is 7.94. The Bertz CT molecular complexity index is 1300. The molecule has 0 fully saturated rings. The summed E-state index contributed by atoms with van der Waals surface area (Å²) < 4.78 is 17.2. The first kappa shape index (κ1) is 25.4. The van der Waals surface area contributed by atoms with E-state index in [1.807, 2.05) is 24.3 Å². The number of rotatable bonds is 7. The van der Waals surface area contributed by atoms with Crippen molar-refractivity contribution in [3.05, 3.63) is 83.0 Å². The lowest BCUT2D eigenvalue weighted by Crippen LogP contribution is -2.03. The molecule has 0 aliphatic heterocycles. The van der Waals surface area contributed by atoms with Crippen LogP contribution >= 0.6 is 0 Å². The fraction of sp³-hybridized carbons (Fsp3) is 0.214. The van der Waals surface area contributed by atoms with Crippen molar-refractivity contribution in [3.63, 3.8) is 0 Å². The molecule has 1 heterocycles. The quantitative estimate of drug-likeness (QED) is 0.305. The van der Waals surface area contributed by atoms with Gasteiger partial charge in [0.15, 0.2) is 11.5 Å². The topological polar surface area (TPSA) is 89.9 Å². The number of methoxy groups -OCH3 is 2. The van der Waals surface area contributed by atoms with Crippen molar-refractivity contribution >= 4 is 23.1 Å². The van der Waals surface area contributed by atoms with Gasteiger partial charge in [0, 0.05) is 29.9 Å². The van der Waals surface area contributed by atoms with E-state index in [1.54, 1.807) is 20.4 Å². The van der Waals surface area contributed by atoms with Crippen LogP contribution in [0.5, 0.6) is 23.0 Å². The monoisotopic (exact) mass is 474 g/mol. The van der Waals surface area contributed by atoms with E-state index in [9.17, 15) is 0 Å². The van der Waals surface area contributed by atoms with E-state index in [0.717, 1.165) is 45.8 Å². The molecule has 7 heteroatoms. The zero-order valence-electron chi connectivity index (χ0n) is 20.6. The van der Waals surface area contributed by atoms with Crippen LogP contribution in [0.3, 0.4) is 0 Å². The number of fused-ring (bicyclic) bond motifs is 1. The number of aromatic nitrogens is 1. The lowest BCUT2D eigenvalue weighted by atomic mass is 10.1. The summed E-state index contributed by atoms with van der Waals surface area (Å²) in [4.78, 5) is 12.8. The van der Waals surface area contributed by atoms with Gasteiger partial charge in [0.1, 0.15) is 11.5 Å². The number of anilines is 1. The van der Waals surface area contributed by atoms with Crippen molar-refractivity contribution in [1.29, 1.82) is 0 Å². The molecule has 0 atom stereocenters. The average Bonchev–Trinajstić information content (AvgIpc) is 2.87. The molecule has 0 aliphatic carbocycles. The van der Waals surface area contributed by atoms with Crippen LogP contribution in [0.1, 0.15) is 22.3 Å². The summed E-state index contributed by atoms with van der Waals surface area (Å²) >= 11 is 0. The van der Waals surface area contributed by atoms with Crippen molar-refractivity contribution in [2.24, 2.45) is 0 Å². The second kappa shape index (κ2) is 11.7. The lowest BCUT2D eigenvalue weighted by Gasteiger charge is -2.17. The Morgan fingerprint density at radius 2 is 1.51 bits per heavy atom. The molecule has 182 valence electrons. The van der Waals surface area contributed by atoms with Gasteiger partial charge in [-0.2, -0.15) is 0 Å². The molecule has 2 N–H and O–H groups in total. The molecule has 35 heavy (non-hydrogen) atoms. The van der Waals surface area contributed by atoms with Crippen LogP contribution in [-0.2, 0) is 11.3 Å². The number of aryl methyl sites for hydroxylation is 1. The van der Waals surface area contributed by atoms with E-state index < -0.39 is 0 Å². The Kier molecular flexibility index (Phi) is 8.51. The maximum atomic E-state index is 8.36. The minimum Gasteiger partial charge on any atom is -0.493 e. The number of pyridine rings is 1. The maximum absolute atomic E-state index is 8.36. The largest absolute Gasteiger partial charge is 0.493 e. The van der Waals surface area contributed by atoms with Gasteiger partial charge in [-0.05, 0) is 61.7 Å². The molecular formula is C28H30N2O5. The Morgan fingerprint density at radius 1 is 0.857 bits per heavy atom. The zero-order chi connectivity index (χ0) is 25.4. The summed E-state index contributed by atoms with van der Waals surface area (Å²) in [5, 5.41) is 11.3. The number of carbonyl (C=O) groups is 1. The van der Waals surface area contributed by atoms with Gasteiger partial charge >= 0.3 is 0 Å². The van der Waals surface area contributed by atoms with E-state index in [2.05, 4.69) is 61.4 Å². The highest BCUT2D eigenvalue weighted by atomic mass is 16.5. The van der Waals surface area contributed by atoms with E-state index in [1.165, 1.54) is 11.1 Å². The molecule has 0 spiro atoms. The molecule has 4 aromatic rings. The van der Waals surface area contributed by atoms with E-state index in [4.69, 9.17) is 24.1 Å². The predicted molar refractivity (Wildman–Crippen MR) is 138 cm³/mol. The first-order valence-corrected chi connectivity index (χ1v) is 11.1. The Labute approximate surface area is 205 Å². The molecule has 4 rings (SSSR count). The summed E-state index contributed by atoms with van der Waals surface area (Å²) in [5.41, 5.74) is 6.64. The van der Waals surface area contributed by atoms with Crippen LogP contribution in [0.4, 0.5) is 5.69 Å². The van der Waals surface area contributed by atoms with Crippen molar-refractivity contribution < 1.29 is 24.1 Å². The number of hydrogen-bond acceptors (Lipinski definition) is 6. The van der Waals surface area contributed by atoms with Gasteiger partial charge in [-0.15, -0.1) is 0 Å². The zero-order valence-corrected chi connectivity index (χ0v) is 20.6. The van der Waals surface area contributed by atoms with Crippen LogP contribution in [0.2, 0.25) is 0 Å². The number of nitrogens with zero attached hydrogens (tertiary/aromatic N) is 1. The maximum Gasteiger partial charge on any atom is 0.290 e. The van der Waals surface area contributed by atoms with Crippen molar-refractivity contribution in [3.8, 4) is 23.0 Å². The molecule has 0 saturated carbocycles. The minimum atomic E-state index is -0.250. The van der Waals surface area contributed by atoms with Crippen LogP contribution in [0, 0.1) is 20.8 Å². The third-order valence-electron chi connectivity index (χ3n) is 5.77. The Hall–Kier alpha value is -4.26. The van der Waals surface area contributed by atoms with Crippen LogP contribution in [-0.4, -0.2) is 30.8 Å². The molecule has 0 radical (unpaired) electrons. The summed E-state index contributed by atoms with van der Waals surface area (Å²) in [6.45, 7) is 6.81. The fourth-order valence-corrected chi connectivity index (χ4v) is 3.66. The summed E-state index contributed by atoms with van der Waals surface area (Å²) in [5.74, 6) is 2.81. The second-order valence-corrected chi connectivity index (χ2v) is 7.94. The third kappa shape index (κ3) is 6.00. The standard InChI is InChI=1S/C27H28N2O3.CH2O2/c1-17-6-8-20(9-7-17)16-29-22-10-11-24(19(3)18(22)2)32-25-12-13-28-23-15-27(31-5)26(30-4)14-21(23)25;2-1-3/h6-15,29H,16H2,1-5H3;1H,(H,2,3). The average molecular weight is 475 g/mol. The van der Waals surface area contributed by atoms with E-state index in [-0.39, 0.29) is 6.47 Å². The molecule has 0 saturated heterocycles. The number of carboxylic acid groups (broad SMARTS) is 1. The predicted octanol–water partition coefficient (Wildman–Crippen LogP) is 6.28. The van der Waals surface area contributed by atoms with Gasteiger partial charge < -0.3 is 24.6 Å². The molecule has 0 unspecified atom stereocenters. The molecule has 0 bridgehead atoms. The number of ether oxygens (including phenoxy) is 3. The van der Waals surface area contributed by atoms with Gasteiger partial charge in [-0.1, -0.05) is 29.8 Å². The first-order valence-electron chi connectivity index (χ1n) is 11.1. The lowest BCUT2D eigenvalue weighted by molar-refractivity contribution is -0.122. The van der Waals surface area contributed by atoms with Crippen molar-refractivity contribution in [1.82, 2.24) is 4.98 Å². The molecule has 7 nitrogen and oxygen atoms in total. The molecule has 3 aromatic carbocycles. The Balaban J connectivity index is 0.00000108. The molecule has 1 aromatic heterocycles. The van der Waals surface area contributed by atoms with Crippen LogP contribution in [0.25, 0.3) is 10.9 Å². The highest BCUT2D eigenvalue weighted by molar-refractivity contribution is 5.88. The molecule has 0 aliphatic rings. The molecule has 0 amide bonds. The van der Waals surface area contributed by atoms with Gasteiger partial charge in [0.2, 0.25) is 0 Å². The van der Waals surface area contributed by atoms with E-state index in [0.29, 0.717) is 11.5 Å². The van der Waals surface area contributed by atoms with Crippen LogP contribution < -0.4 is 19.5 Å². The fourth-order valence-electron chi connectivity index (χ4n) is 3.66. The van der Waals surface area contributed by atoms with E-state index >= 15 is 0 Å². The number of nitrogens with one attached hydrogen (secondary N) is 1. The third-order valence-corrected chi connectivity index (χ3v) is 5.77. The first-order chi connectivity index (χ1) is 16.9. The van der Waals surface area contributed by atoms with Crippen molar-refractivity contribution in [2.45, 2.75) is 27.3 Å². The van der Waals surface area contributed by atoms with Gasteiger partial charge in [0.05, 0.1) is 19.7 Å². The van der Waals surface area contributed by atoms with Gasteiger partial charge in [0.25, 0.3) is 6.47 Å². The van der Waals surface area contributed by atoms with Crippen LogP contribution in [0.15, 0.2) is 60.8 Å². The summed E-state index contributed by atoms with van der Waals surface area (Å²) in [6, 6.07) is 18.3. The highest BCUT2D eigenvalue weighted by Crippen LogP contribution is 2.38. The number of hydrogen-bond donors (Lipinski definition) is 2. The van der Waals surface area contributed by atoms with Crippen molar-refractivity contribution in [2.75, 3.05) is 19.5 Å². The summed E-state index contributed by atoms with van der Waals surface area (Å²) in [6.07, 6.45) is 1.74. The molecular weight excluding hydrogens is 444 g/mol. The minimum absolute atomic E-state index is 0.250. The highest BCUT2D eigenvalue weighted by Gasteiger charge is 2.13.